The summed E-state index contributed by atoms with van der Waals surface area (Å²) in [5.74, 6) is 0.208. The number of amides is 1. The smallest absolute Gasteiger partial charge is 0.229 e. The van der Waals surface area contributed by atoms with Gasteiger partial charge in [-0.25, -0.2) is 0 Å². The first kappa shape index (κ1) is 20.9. The van der Waals surface area contributed by atoms with Crippen molar-refractivity contribution in [1.82, 2.24) is 9.88 Å². The van der Waals surface area contributed by atoms with Gasteiger partial charge in [0.1, 0.15) is 0 Å². The predicted octanol–water partition coefficient (Wildman–Crippen LogP) is 4.58. The molecule has 2 fully saturated rings. The molecule has 32 heavy (non-hydrogen) atoms. The lowest BCUT2D eigenvalue weighted by molar-refractivity contribution is -0.120. The average molecular weight is 428 g/mol. The van der Waals surface area contributed by atoms with Crippen molar-refractivity contribution in [3.63, 3.8) is 0 Å². The van der Waals surface area contributed by atoms with Gasteiger partial charge >= 0.3 is 0 Å². The van der Waals surface area contributed by atoms with E-state index in [0.29, 0.717) is 6.04 Å². The van der Waals surface area contributed by atoms with Crippen molar-refractivity contribution in [1.29, 1.82) is 0 Å². The highest BCUT2D eigenvalue weighted by Gasteiger charge is 2.41. The number of pyridine rings is 1. The Kier molecular flexibility index (Phi) is 6.28. The first-order chi connectivity index (χ1) is 15.8. The molecule has 2 aromatic carbocycles. The molecule has 2 saturated heterocycles. The monoisotopic (exact) mass is 427 g/mol. The van der Waals surface area contributed by atoms with E-state index >= 15 is 0 Å². The summed E-state index contributed by atoms with van der Waals surface area (Å²) < 4.78 is 5.56. The standard InChI is InChI=1S/C27H29N3O2/c31-27(29-23-10-4-8-21(16-23)22-9-5-13-28-17-22)26-19-30(24-11-14-32-15-12-24)18-25(26)20-6-2-1-3-7-20/h1-10,13,16-17,24-26H,11-12,14-15,18-19H2,(H,29,31)/t25-,26+/m0/s1. The Labute approximate surface area is 189 Å². The number of benzene rings is 2. The Morgan fingerprint density at radius 1 is 0.938 bits per heavy atom. The normalized spacial score (nSPS) is 22.0. The van der Waals surface area contributed by atoms with Crippen molar-refractivity contribution in [2.24, 2.45) is 5.92 Å². The van der Waals surface area contributed by atoms with Crippen LogP contribution < -0.4 is 5.32 Å². The summed E-state index contributed by atoms with van der Waals surface area (Å²) >= 11 is 0. The maximum Gasteiger partial charge on any atom is 0.229 e. The summed E-state index contributed by atoms with van der Waals surface area (Å²) in [6.45, 7) is 3.34. The fourth-order valence-electron chi connectivity index (χ4n) is 5.03. The molecule has 3 heterocycles. The molecule has 0 spiro atoms. The topological polar surface area (TPSA) is 54.5 Å². The summed E-state index contributed by atoms with van der Waals surface area (Å²) in [5, 5.41) is 3.21. The third kappa shape index (κ3) is 4.59. The second-order valence-corrected chi connectivity index (χ2v) is 8.73. The molecular weight excluding hydrogens is 398 g/mol. The molecule has 2 aliphatic rings. The minimum atomic E-state index is -0.0812. The van der Waals surface area contributed by atoms with Gasteiger partial charge in [-0.05, 0) is 42.2 Å². The summed E-state index contributed by atoms with van der Waals surface area (Å²) in [7, 11) is 0. The van der Waals surface area contributed by atoms with Crippen LogP contribution in [-0.2, 0) is 9.53 Å². The van der Waals surface area contributed by atoms with Gasteiger partial charge in [0, 0.05) is 61.9 Å². The predicted molar refractivity (Wildman–Crippen MR) is 126 cm³/mol. The van der Waals surface area contributed by atoms with Crippen molar-refractivity contribution in [2.45, 2.75) is 24.8 Å². The van der Waals surface area contributed by atoms with E-state index in [4.69, 9.17) is 4.74 Å². The Morgan fingerprint density at radius 3 is 2.53 bits per heavy atom. The van der Waals surface area contributed by atoms with E-state index in [0.717, 1.165) is 56.0 Å². The van der Waals surface area contributed by atoms with Crippen molar-refractivity contribution in [2.75, 3.05) is 31.6 Å². The second-order valence-electron chi connectivity index (χ2n) is 8.73. The first-order valence-corrected chi connectivity index (χ1v) is 11.5. The largest absolute Gasteiger partial charge is 0.381 e. The number of nitrogens with zero attached hydrogens (tertiary/aromatic N) is 2. The third-order valence-electron chi connectivity index (χ3n) is 6.74. The van der Waals surface area contributed by atoms with Crippen LogP contribution in [0.1, 0.15) is 24.3 Å². The lowest BCUT2D eigenvalue weighted by Crippen LogP contribution is -2.38. The van der Waals surface area contributed by atoms with Crippen LogP contribution >= 0.6 is 0 Å². The van der Waals surface area contributed by atoms with Crippen LogP contribution in [0.15, 0.2) is 79.1 Å². The maximum absolute atomic E-state index is 13.5. The van der Waals surface area contributed by atoms with Gasteiger partial charge in [-0.3, -0.25) is 14.7 Å². The third-order valence-corrected chi connectivity index (χ3v) is 6.74. The van der Waals surface area contributed by atoms with Gasteiger partial charge in [-0.2, -0.15) is 0 Å². The van der Waals surface area contributed by atoms with Crippen LogP contribution in [0.25, 0.3) is 11.1 Å². The van der Waals surface area contributed by atoms with E-state index in [1.165, 1.54) is 5.56 Å². The summed E-state index contributed by atoms with van der Waals surface area (Å²) in [6, 6.07) is 22.9. The van der Waals surface area contributed by atoms with E-state index in [1.807, 2.05) is 48.7 Å². The number of ether oxygens (including phenoxy) is 1. The molecule has 0 radical (unpaired) electrons. The lowest BCUT2D eigenvalue weighted by atomic mass is 9.88. The van der Waals surface area contributed by atoms with E-state index in [-0.39, 0.29) is 17.7 Å². The van der Waals surface area contributed by atoms with Gasteiger partial charge in [0.05, 0.1) is 5.92 Å². The van der Waals surface area contributed by atoms with Crippen molar-refractivity contribution < 1.29 is 9.53 Å². The van der Waals surface area contributed by atoms with Gasteiger partial charge in [-0.15, -0.1) is 0 Å². The molecule has 2 aliphatic heterocycles. The number of carbonyl (C=O) groups is 1. The molecule has 5 nitrogen and oxygen atoms in total. The fourth-order valence-corrected chi connectivity index (χ4v) is 5.03. The fraction of sp³-hybridized carbons (Fsp3) is 0.333. The van der Waals surface area contributed by atoms with Crippen LogP contribution in [-0.4, -0.2) is 48.1 Å². The molecule has 164 valence electrons. The zero-order chi connectivity index (χ0) is 21.8. The van der Waals surface area contributed by atoms with Crippen LogP contribution in [0.5, 0.6) is 0 Å². The second kappa shape index (κ2) is 9.63. The molecule has 3 aromatic rings. The van der Waals surface area contributed by atoms with Crippen molar-refractivity contribution in [3.05, 3.63) is 84.7 Å². The molecular formula is C27H29N3O2. The molecule has 2 atom stereocenters. The van der Waals surface area contributed by atoms with Gasteiger partial charge in [-0.1, -0.05) is 48.5 Å². The van der Waals surface area contributed by atoms with Gasteiger partial charge in [0.2, 0.25) is 5.91 Å². The molecule has 5 rings (SSSR count). The van der Waals surface area contributed by atoms with Crippen LogP contribution in [0.4, 0.5) is 5.69 Å². The van der Waals surface area contributed by atoms with E-state index in [1.54, 1.807) is 6.20 Å². The molecule has 1 amide bonds. The summed E-state index contributed by atoms with van der Waals surface area (Å²) in [5.41, 5.74) is 4.15. The number of rotatable bonds is 5. The highest BCUT2D eigenvalue weighted by Crippen LogP contribution is 2.36. The van der Waals surface area contributed by atoms with E-state index in [2.05, 4.69) is 39.5 Å². The maximum atomic E-state index is 13.5. The molecule has 0 saturated carbocycles. The highest BCUT2D eigenvalue weighted by atomic mass is 16.5. The highest BCUT2D eigenvalue weighted by molar-refractivity contribution is 5.94. The van der Waals surface area contributed by atoms with Crippen LogP contribution in [0, 0.1) is 5.92 Å². The first-order valence-electron chi connectivity index (χ1n) is 11.5. The van der Waals surface area contributed by atoms with Crippen molar-refractivity contribution in [3.8, 4) is 11.1 Å². The minimum absolute atomic E-state index is 0.0812. The number of likely N-dealkylation sites (tertiary alicyclic amines) is 1. The Balaban J connectivity index is 1.36. The number of anilines is 1. The molecule has 1 N–H and O–H groups in total. The van der Waals surface area contributed by atoms with Crippen molar-refractivity contribution >= 4 is 11.6 Å². The summed E-state index contributed by atoms with van der Waals surface area (Å²) in [6.07, 6.45) is 5.70. The van der Waals surface area contributed by atoms with Crippen LogP contribution in [0.3, 0.4) is 0 Å². The van der Waals surface area contributed by atoms with E-state index < -0.39 is 0 Å². The lowest BCUT2D eigenvalue weighted by Gasteiger charge is -2.31. The number of aromatic nitrogens is 1. The SMILES string of the molecule is O=C(Nc1cccc(-c2cccnc2)c1)[C@@H]1CN(C2CCOCC2)C[C@H]1c1ccccc1. The minimum Gasteiger partial charge on any atom is -0.381 e. The van der Waals surface area contributed by atoms with Gasteiger partial charge in [0.25, 0.3) is 0 Å². The average Bonchev–Trinajstić information content (AvgIpc) is 3.32. The number of hydrogen-bond acceptors (Lipinski definition) is 4. The Hall–Kier alpha value is -3.02. The van der Waals surface area contributed by atoms with Gasteiger partial charge < -0.3 is 10.1 Å². The zero-order valence-corrected chi connectivity index (χ0v) is 18.2. The molecule has 0 bridgehead atoms. The molecule has 0 aliphatic carbocycles. The van der Waals surface area contributed by atoms with Gasteiger partial charge in [0.15, 0.2) is 0 Å². The Morgan fingerprint density at radius 2 is 1.75 bits per heavy atom. The van der Waals surface area contributed by atoms with E-state index in [9.17, 15) is 4.79 Å². The number of nitrogens with one attached hydrogen (secondary N) is 1. The molecule has 0 unspecified atom stereocenters. The Bertz CT molecular complexity index is 1040. The molecule has 1 aromatic heterocycles. The number of hydrogen-bond donors (Lipinski definition) is 1. The molecule has 5 heteroatoms. The number of carbonyl (C=O) groups excluding carboxylic acids is 1. The zero-order valence-electron chi connectivity index (χ0n) is 18.2. The summed E-state index contributed by atoms with van der Waals surface area (Å²) in [4.78, 5) is 20.2. The van der Waals surface area contributed by atoms with Crippen LogP contribution in [0.2, 0.25) is 0 Å². The quantitative estimate of drug-likeness (QED) is 0.648.